The van der Waals surface area contributed by atoms with E-state index in [1.807, 2.05) is 48.5 Å². The molecule has 0 spiro atoms. The molecule has 2 aromatic rings. The number of rotatable bonds is 3. The fourth-order valence-corrected chi connectivity index (χ4v) is 3.15. The Hall–Kier alpha value is -1.81. The van der Waals surface area contributed by atoms with Crippen LogP contribution in [0, 0.1) is 0 Å². The molecule has 0 heterocycles. The molecule has 1 aliphatic carbocycles. The lowest BCUT2D eigenvalue weighted by Crippen LogP contribution is -2.37. The third kappa shape index (κ3) is 2.44. The van der Waals surface area contributed by atoms with Gasteiger partial charge in [0.1, 0.15) is 0 Å². The second-order valence-electron chi connectivity index (χ2n) is 5.52. The number of nitrogens with two attached hydrogens (primary N) is 1. The number of benzene rings is 2. The minimum Gasteiger partial charge on any atom is -0.397 e. The van der Waals surface area contributed by atoms with Crippen LogP contribution in [0.5, 0.6) is 0 Å². The highest BCUT2D eigenvalue weighted by molar-refractivity contribution is 9.10. The number of halogens is 1. The third-order valence-corrected chi connectivity index (χ3v) is 4.63. The van der Waals surface area contributed by atoms with Crippen LogP contribution in [0.4, 0.5) is 11.4 Å². The Kier molecular flexibility index (Phi) is 3.49. The maximum absolute atomic E-state index is 12.9. The molecule has 1 fully saturated rings. The zero-order chi connectivity index (χ0) is 15.0. The number of hydrogen-bond acceptors (Lipinski definition) is 2. The Morgan fingerprint density at radius 1 is 1.19 bits per heavy atom. The van der Waals surface area contributed by atoms with Crippen molar-refractivity contribution in [1.29, 1.82) is 0 Å². The van der Waals surface area contributed by atoms with Gasteiger partial charge in [0.05, 0.1) is 16.8 Å². The number of nitrogen functional groups attached to an aromatic ring is 1. The molecule has 0 unspecified atom stereocenters. The van der Waals surface area contributed by atoms with E-state index >= 15 is 0 Å². The first-order valence-corrected chi connectivity index (χ1v) is 7.73. The first-order valence-electron chi connectivity index (χ1n) is 6.93. The quantitative estimate of drug-likeness (QED) is 0.862. The normalized spacial score (nSPS) is 15.5. The molecule has 3 rings (SSSR count). The van der Waals surface area contributed by atoms with Crippen molar-refractivity contribution in [2.24, 2.45) is 0 Å². The minimum atomic E-state index is -0.366. The van der Waals surface area contributed by atoms with Gasteiger partial charge in [0.2, 0.25) is 5.91 Å². The van der Waals surface area contributed by atoms with Crippen LogP contribution < -0.4 is 10.6 Å². The first-order chi connectivity index (χ1) is 10.0. The van der Waals surface area contributed by atoms with Crippen molar-refractivity contribution in [2.75, 3.05) is 17.7 Å². The third-order valence-electron chi connectivity index (χ3n) is 4.14. The summed E-state index contributed by atoms with van der Waals surface area (Å²) in [6.07, 6.45) is 1.80. The van der Waals surface area contributed by atoms with Gasteiger partial charge in [-0.1, -0.05) is 46.3 Å². The van der Waals surface area contributed by atoms with Crippen molar-refractivity contribution < 1.29 is 4.79 Å². The van der Waals surface area contributed by atoms with Gasteiger partial charge in [-0.3, -0.25) is 4.79 Å². The number of anilines is 2. The SMILES string of the molecule is CN(C(=O)C1(c2ccccc2)CC1)c1ccc(Br)cc1N. The highest BCUT2D eigenvalue weighted by atomic mass is 79.9. The van der Waals surface area contributed by atoms with Crippen molar-refractivity contribution >= 4 is 33.2 Å². The standard InChI is InChI=1S/C17H17BrN2O/c1-20(15-8-7-13(18)11-14(15)19)16(21)17(9-10-17)12-5-3-2-4-6-12/h2-8,11H,9-10,19H2,1H3. The molecule has 21 heavy (non-hydrogen) atoms. The zero-order valence-electron chi connectivity index (χ0n) is 11.8. The van der Waals surface area contributed by atoms with Gasteiger partial charge in [-0.2, -0.15) is 0 Å². The van der Waals surface area contributed by atoms with Gasteiger partial charge in [0.15, 0.2) is 0 Å². The lowest BCUT2D eigenvalue weighted by Gasteiger charge is -2.25. The molecular weight excluding hydrogens is 328 g/mol. The van der Waals surface area contributed by atoms with Gasteiger partial charge in [0.25, 0.3) is 0 Å². The summed E-state index contributed by atoms with van der Waals surface area (Å²) >= 11 is 3.39. The Bertz CT molecular complexity index is 680. The van der Waals surface area contributed by atoms with E-state index in [9.17, 15) is 4.79 Å². The van der Waals surface area contributed by atoms with E-state index in [4.69, 9.17) is 5.73 Å². The second kappa shape index (κ2) is 5.19. The average molecular weight is 345 g/mol. The van der Waals surface area contributed by atoms with Gasteiger partial charge in [-0.15, -0.1) is 0 Å². The molecule has 0 aliphatic heterocycles. The van der Waals surface area contributed by atoms with Gasteiger partial charge in [0, 0.05) is 11.5 Å². The van der Waals surface area contributed by atoms with Crippen molar-refractivity contribution in [2.45, 2.75) is 18.3 Å². The van der Waals surface area contributed by atoms with Gasteiger partial charge in [-0.25, -0.2) is 0 Å². The van der Waals surface area contributed by atoms with Crippen molar-refractivity contribution in [1.82, 2.24) is 0 Å². The van der Waals surface area contributed by atoms with E-state index in [1.54, 1.807) is 11.9 Å². The van der Waals surface area contributed by atoms with Crippen LogP contribution in [-0.4, -0.2) is 13.0 Å². The van der Waals surface area contributed by atoms with E-state index in [0.29, 0.717) is 5.69 Å². The van der Waals surface area contributed by atoms with Crippen LogP contribution in [0.25, 0.3) is 0 Å². The highest BCUT2D eigenvalue weighted by Crippen LogP contribution is 2.50. The van der Waals surface area contributed by atoms with Crippen molar-refractivity contribution in [3.63, 3.8) is 0 Å². The van der Waals surface area contributed by atoms with Crippen molar-refractivity contribution in [3.05, 3.63) is 58.6 Å². The minimum absolute atomic E-state index is 0.114. The van der Waals surface area contributed by atoms with Crippen LogP contribution in [-0.2, 0) is 10.2 Å². The zero-order valence-corrected chi connectivity index (χ0v) is 13.4. The molecular formula is C17H17BrN2O. The van der Waals surface area contributed by atoms with Gasteiger partial charge in [-0.05, 0) is 36.6 Å². The number of likely N-dealkylation sites (N-methyl/N-ethyl adjacent to an activating group) is 1. The number of nitrogens with zero attached hydrogens (tertiary/aromatic N) is 1. The summed E-state index contributed by atoms with van der Waals surface area (Å²) in [7, 11) is 1.80. The van der Waals surface area contributed by atoms with E-state index in [2.05, 4.69) is 15.9 Å². The topological polar surface area (TPSA) is 46.3 Å². The monoisotopic (exact) mass is 344 g/mol. The molecule has 0 bridgehead atoms. The summed E-state index contributed by atoms with van der Waals surface area (Å²) in [6, 6.07) is 15.6. The summed E-state index contributed by atoms with van der Waals surface area (Å²) in [5.74, 6) is 0.114. The van der Waals surface area contributed by atoms with E-state index in [0.717, 1.165) is 28.6 Å². The smallest absolute Gasteiger partial charge is 0.237 e. The molecule has 0 atom stereocenters. The van der Waals surface area contributed by atoms with Gasteiger partial charge < -0.3 is 10.6 Å². The predicted octanol–water partition coefficient (Wildman–Crippen LogP) is 3.73. The Labute approximate surface area is 132 Å². The van der Waals surface area contributed by atoms with Gasteiger partial charge >= 0.3 is 0 Å². The van der Waals surface area contributed by atoms with E-state index in [-0.39, 0.29) is 11.3 Å². The molecule has 2 N–H and O–H groups in total. The molecule has 0 aromatic heterocycles. The van der Waals surface area contributed by atoms with Crippen LogP contribution in [0.15, 0.2) is 53.0 Å². The Morgan fingerprint density at radius 3 is 2.43 bits per heavy atom. The fraction of sp³-hybridized carbons (Fsp3) is 0.235. The molecule has 2 aromatic carbocycles. The molecule has 0 saturated heterocycles. The summed E-state index contributed by atoms with van der Waals surface area (Å²) in [4.78, 5) is 14.6. The van der Waals surface area contributed by atoms with E-state index in [1.165, 1.54) is 0 Å². The van der Waals surface area contributed by atoms with Crippen LogP contribution >= 0.6 is 15.9 Å². The number of carbonyl (C=O) groups is 1. The number of carbonyl (C=O) groups excluding carboxylic acids is 1. The molecule has 1 aliphatic rings. The molecule has 1 amide bonds. The Morgan fingerprint density at radius 2 is 1.86 bits per heavy atom. The average Bonchev–Trinajstić information content (AvgIpc) is 3.28. The van der Waals surface area contributed by atoms with Crippen LogP contribution in [0.2, 0.25) is 0 Å². The lowest BCUT2D eigenvalue weighted by atomic mass is 9.94. The van der Waals surface area contributed by atoms with Crippen molar-refractivity contribution in [3.8, 4) is 0 Å². The predicted molar refractivity (Wildman–Crippen MR) is 89.3 cm³/mol. The summed E-state index contributed by atoms with van der Waals surface area (Å²) in [5.41, 5.74) is 8.12. The first kappa shape index (κ1) is 14.1. The number of hydrogen-bond donors (Lipinski definition) is 1. The molecule has 3 nitrogen and oxygen atoms in total. The summed E-state index contributed by atoms with van der Waals surface area (Å²) < 4.78 is 0.911. The second-order valence-corrected chi connectivity index (χ2v) is 6.43. The summed E-state index contributed by atoms with van der Waals surface area (Å²) in [5, 5.41) is 0. The molecule has 108 valence electrons. The molecule has 4 heteroatoms. The molecule has 0 radical (unpaired) electrons. The maximum atomic E-state index is 12.9. The Balaban J connectivity index is 1.92. The number of amides is 1. The largest absolute Gasteiger partial charge is 0.397 e. The maximum Gasteiger partial charge on any atom is 0.237 e. The summed E-state index contributed by atoms with van der Waals surface area (Å²) in [6.45, 7) is 0. The fourth-order valence-electron chi connectivity index (χ4n) is 2.77. The molecule has 1 saturated carbocycles. The van der Waals surface area contributed by atoms with Crippen LogP contribution in [0.1, 0.15) is 18.4 Å². The highest BCUT2D eigenvalue weighted by Gasteiger charge is 2.52. The van der Waals surface area contributed by atoms with E-state index < -0.39 is 0 Å². The lowest BCUT2D eigenvalue weighted by molar-refractivity contribution is -0.120. The van der Waals surface area contributed by atoms with Crippen LogP contribution in [0.3, 0.4) is 0 Å².